The number of hydrogen-bond donors (Lipinski definition) is 0. The summed E-state index contributed by atoms with van der Waals surface area (Å²) >= 11 is 2.88. The van der Waals surface area contributed by atoms with Crippen molar-refractivity contribution >= 4 is 21.6 Å². The van der Waals surface area contributed by atoms with Crippen LogP contribution >= 0.6 is 15.9 Å². The lowest BCUT2D eigenvalue weighted by Gasteiger charge is -2.00. The zero-order chi connectivity index (χ0) is 9.84. The van der Waals surface area contributed by atoms with E-state index in [4.69, 9.17) is 0 Å². The van der Waals surface area contributed by atoms with Gasteiger partial charge in [-0.1, -0.05) is 0 Å². The highest BCUT2D eigenvalue weighted by atomic mass is 79.9. The summed E-state index contributed by atoms with van der Waals surface area (Å²) in [4.78, 5) is 13.3. The fraction of sp³-hybridized carbons (Fsp3) is 0.167. The fourth-order valence-electron chi connectivity index (χ4n) is 0.688. The topological polar surface area (TPSA) is 65.3 Å². The van der Waals surface area contributed by atoms with Crippen LogP contribution in [0.3, 0.4) is 0 Å². The summed E-state index contributed by atoms with van der Waals surface area (Å²) in [6.07, 6.45) is 1.19. The molecule has 1 rings (SSSR count). The van der Waals surface area contributed by atoms with Crippen LogP contribution in [0.5, 0.6) is 5.75 Å². The zero-order valence-electron chi connectivity index (χ0n) is 6.24. The van der Waals surface area contributed by atoms with Gasteiger partial charge in [-0.15, -0.1) is 0 Å². The van der Waals surface area contributed by atoms with Gasteiger partial charge in [0.05, 0.1) is 17.2 Å². The van der Waals surface area contributed by atoms with Crippen molar-refractivity contribution in [3.63, 3.8) is 0 Å². The van der Waals surface area contributed by atoms with E-state index < -0.39 is 11.8 Å². The lowest BCUT2D eigenvalue weighted by atomic mass is 10.4. The Bertz CT molecular complexity index is 334. The van der Waals surface area contributed by atoms with E-state index in [1.54, 1.807) is 0 Å². The third-order valence-corrected chi connectivity index (χ3v) is 1.82. The molecule has 0 aliphatic heterocycles. The minimum absolute atomic E-state index is 0.0254. The highest BCUT2D eigenvalue weighted by Crippen LogP contribution is 2.26. The van der Waals surface area contributed by atoms with Gasteiger partial charge in [-0.25, -0.2) is 9.37 Å². The van der Waals surface area contributed by atoms with Crippen molar-refractivity contribution in [3.05, 3.63) is 27.0 Å². The van der Waals surface area contributed by atoms with Gasteiger partial charge in [-0.3, -0.25) is 10.1 Å². The molecule has 0 radical (unpaired) electrons. The SMILES string of the molecule is O=[N+]([O-])c1cc(OCF)cnc1Br. The van der Waals surface area contributed by atoms with Crippen LogP contribution in [0.25, 0.3) is 0 Å². The molecule has 0 N–H and O–H groups in total. The smallest absolute Gasteiger partial charge is 0.305 e. The Labute approximate surface area is 80.8 Å². The third-order valence-electron chi connectivity index (χ3n) is 1.21. The van der Waals surface area contributed by atoms with Crippen molar-refractivity contribution in [2.75, 3.05) is 6.86 Å². The second-order valence-electron chi connectivity index (χ2n) is 1.99. The van der Waals surface area contributed by atoms with E-state index >= 15 is 0 Å². The second kappa shape index (κ2) is 4.13. The predicted octanol–water partition coefficient (Wildman–Crippen LogP) is 2.06. The molecule has 0 unspecified atom stereocenters. The zero-order valence-corrected chi connectivity index (χ0v) is 7.82. The van der Waals surface area contributed by atoms with Crippen LogP contribution < -0.4 is 4.74 Å². The Morgan fingerprint density at radius 2 is 2.46 bits per heavy atom. The van der Waals surface area contributed by atoms with E-state index in [9.17, 15) is 14.5 Å². The summed E-state index contributed by atoms with van der Waals surface area (Å²) in [5.41, 5.74) is -0.258. The van der Waals surface area contributed by atoms with Crippen molar-refractivity contribution < 1.29 is 14.1 Å². The van der Waals surface area contributed by atoms with Crippen molar-refractivity contribution in [2.24, 2.45) is 0 Å². The average Bonchev–Trinajstić information content (AvgIpc) is 2.08. The van der Waals surface area contributed by atoms with E-state index in [2.05, 4.69) is 25.7 Å². The second-order valence-corrected chi connectivity index (χ2v) is 2.74. The van der Waals surface area contributed by atoms with Crippen molar-refractivity contribution in [1.82, 2.24) is 4.98 Å². The lowest BCUT2D eigenvalue weighted by Crippen LogP contribution is -1.95. The molecule has 0 amide bonds. The first kappa shape index (κ1) is 9.85. The van der Waals surface area contributed by atoms with E-state index in [1.165, 1.54) is 6.20 Å². The van der Waals surface area contributed by atoms with Gasteiger partial charge in [0, 0.05) is 0 Å². The molecule has 0 aromatic carbocycles. The average molecular weight is 251 g/mol. The molecular formula is C6H4BrFN2O3. The van der Waals surface area contributed by atoms with Crippen LogP contribution in [0, 0.1) is 10.1 Å². The van der Waals surface area contributed by atoms with E-state index in [-0.39, 0.29) is 16.0 Å². The minimum atomic E-state index is -1.04. The maximum absolute atomic E-state index is 11.7. The Balaban J connectivity index is 3.04. The third kappa shape index (κ3) is 2.35. The molecule has 0 saturated carbocycles. The van der Waals surface area contributed by atoms with Crippen LogP contribution in [-0.2, 0) is 0 Å². The normalized spacial score (nSPS) is 9.69. The van der Waals surface area contributed by atoms with Gasteiger partial charge in [0.2, 0.25) is 6.86 Å². The predicted molar refractivity (Wildman–Crippen MR) is 45.2 cm³/mol. The van der Waals surface area contributed by atoms with Crippen LogP contribution in [-0.4, -0.2) is 16.8 Å². The van der Waals surface area contributed by atoms with Crippen molar-refractivity contribution in [2.45, 2.75) is 0 Å². The summed E-state index contributed by atoms with van der Waals surface area (Å²) in [5.74, 6) is 0.0254. The van der Waals surface area contributed by atoms with Crippen molar-refractivity contribution in [1.29, 1.82) is 0 Å². The molecule has 0 saturated heterocycles. The maximum Gasteiger partial charge on any atom is 0.305 e. The number of aromatic nitrogens is 1. The molecule has 5 nitrogen and oxygen atoms in total. The largest absolute Gasteiger partial charge is 0.461 e. The Morgan fingerprint density at radius 3 is 3.00 bits per heavy atom. The molecule has 70 valence electrons. The van der Waals surface area contributed by atoms with Crippen LogP contribution in [0.2, 0.25) is 0 Å². The monoisotopic (exact) mass is 250 g/mol. The number of alkyl halides is 1. The van der Waals surface area contributed by atoms with E-state index in [0.29, 0.717) is 0 Å². The number of rotatable bonds is 3. The minimum Gasteiger partial charge on any atom is -0.461 e. The first-order chi connectivity index (χ1) is 6.15. The van der Waals surface area contributed by atoms with Gasteiger partial charge in [0.1, 0.15) is 5.75 Å². The molecule has 1 aromatic heterocycles. The summed E-state index contributed by atoms with van der Waals surface area (Å²) in [6.45, 7) is -1.04. The molecule has 13 heavy (non-hydrogen) atoms. The Hall–Kier alpha value is -1.24. The number of pyridine rings is 1. The molecule has 0 bridgehead atoms. The number of halogens is 2. The Morgan fingerprint density at radius 1 is 1.77 bits per heavy atom. The quantitative estimate of drug-likeness (QED) is 0.468. The summed E-state index contributed by atoms with van der Waals surface area (Å²) in [6, 6.07) is 1.09. The molecule has 1 aromatic rings. The maximum atomic E-state index is 11.7. The van der Waals surface area contributed by atoms with E-state index in [1.807, 2.05) is 0 Å². The molecule has 0 aliphatic carbocycles. The Kier molecular flexibility index (Phi) is 3.13. The molecule has 0 spiro atoms. The summed E-state index contributed by atoms with van der Waals surface area (Å²) in [7, 11) is 0. The number of nitrogens with zero attached hydrogens (tertiary/aromatic N) is 2. The number of hydrogen-bond acceptors (Lipinski definition) is 4. The highest BCUT2D eigenvalue weighted by molar-refractivity contribution is 9.10. The molecule has 0 atom stereocenters. The lowest BCUT2D eigenvalue weighted by molar-refractivity contribution is -0.386. The molecule has 0 aliphatic rings. The van der Waals surface area contributed by atoms with Gasteiger partial charge in [-0.05, 0) is 15.9 Å². The summed E-state index contributed by atoms with van der Waals surface area (Å²) < 4.78 is 16.2. The molecule has 1 heterocycles. The highest BCUT2D eigenvalue weighted by Gasteiger charge is 2.14. The van der Waals surface area contributed by atoms with Crippen LogP contribution in [0.15, 0.2) is 16.9 Å². The molecule has 7 heteroatoms. The summed E-state index contributed by atoms with van der Waals surface area (Å²) in [5, 5.41) is 10.4. The van der Waals surface area contributed by atoms with Crippen LogP contribution in [0.4, 0.5) is 10.1 Å². The number of ether oxygens (including phenoxy) is 1. The van der Waals surface area contributed by atoms with Gasteiger partial charge in [0.25, 0.3) is 0 Å². The van der Waals surface area contributed by atoms with Gasteiger partial charge >= 0.3 is 5.69 Å². The molecule has 0 fully saturated rings. The number of nitro groups is 1. The first-order valence-electron chi connectivity index (χ1n) is 3.14. The van der Waals surface area contributed by atoms with Gasteiger partial charge in [0.15, 0.2) is 4.60 Å². The van der Waals surface area contributed by atoms with Crippen molar-refractivity contribution in [3.8, 4) is 5.75 Å². The fourth-order valence-corrected chi connectivity index (χ4v) is 1.05. The van der Waals surface area contributed by atoms with Crippen LogP contribution in [0.1, 0.15) is 0 Å². The van der Waals surface area contributed by atoms with E-state index in [0.717, 1.165) is 6.07 Å². The van der Waals surface area contributed by atoms with Gasteiger partial charge in [-0.2, -0.15) is 0 Å². The van der Waals surface area contributed by atoms with Gasteiger partial charge < -0.3 is 4.74 Å². The standard InChI is InChI=1S/C6H4BrFN2O3/c7-6-5(10(11)12)1-4(2-9-6)13-3-8/h1-2H,3H2. The first-order valence-corrected chi connectivity index (χ1v) is 3.93. The molecular weight excluding hydrogens is 247 g/mol.